The standard InChI is InChI=1S/C10H20N2O8S/c1-5(13)10(17)7(14)3-9(16)12-8(15)2-6(11)4-21(18,19)20/h5-7,10,13-14,17H,2-4,11H2,1H3,(H,12,15,16)(H,18,19,20)/t5-,6?,7-,10+/m1/s1. The zero-order valence-corrected chi connectivity index (χ0v) is 12.2. The van der Waals surface area contributed by atoms with Crippen LogP contribution in [0.3, 0.4) is 0 Å². The molecule has 10 nitrogen and oxygen atoms in total. The molecule has 0 radical (unpaired) electrons. The largest absolute Gasteiger partial charge is 0.391 e. The molecule has 0 saturated carbocycles. The smallest absolute Gasteiger partial charge is 0.266 e. The van der Waals surface area contributed by atoms with Crippen LogP contribution in [-0.4, -0.2) is 70.2 Å². The lowest BCUT2D eigenvalue weighted by Crippen LogP contribution is -2.42. The third kappa shape index (κ3) is 9.44. The van der Waals surface area contributed by atoms with Crippen LogP contribution in [0.2, 0.25) is 0 Å². The van der Waals surface area contributed by atoms with Gasteiger partial charge in [0.15, 0.2) is 0 Å². The lowest BCUT2D eigenvalue weighted by molar-refractivity contribution is -0.133. The van der Waals surface area contributed by atoms with Gasteiger partial charge in [0.25, 0.3) is 10.1 Å². The predicted octanol–water partition coefficient (Wildman–Crippen LogP) is -3.27. The molecule has 0 aromatic rings. The summed E-state index contributed by atoms with van der Waals surface area (Å²) in [5, 5.41) is 29.5. The number of carbonyl (C=O) groups is 2. The Balaban J connectivity index is 4.25. The summed E-state index contributed by atoms with van der Waals surface area (Å²) in [5.41, 5.74) is 5.29. The molecule has 0 saturated heterocycles. The van der Waals surface area contributed by atoms with Gasteiger partial charge in [-0.15, -0.1) is 0 Å². The fourth-order valence-corrected chi connectivity index (χ4v) is 2.12. The van der Waals surface area contributed by atoms with Crippen molar-refractivity contribution in [2.75, 3.05) is 5.75 Å². The van der Waals surface area contributed by atoms with E-state index in [-0.39, 0.29) is 0 Å². The van der Waals surface area contributed by atoms with E-state index in [2.05, 4.69) is 0 Å². The molecule has 0 fully saturated rings. The monoisotopic (exact) mass is 328 g/mol. The second-order valence-corrected chi connectivity index (χ2v) is 6.18. The van der Waals surface area contributed by atoms with Crippen molar-refractivity contribution in [3.63, 3.8) is 0 Å². The van der Waals surface area contributed by atoms with Crippen LogP contribution in [0.5, 0.6) is 0 Å². The maximum Gasteiger partial charge on any atom is 0.266 e. The molecule has 0 rings (SSSR count). The first-order chi connectivity index (χ1) is 9.42. The summed E-state index contributed by atoms with van der Waals surface area (Å²) in [4.78, 5) is 22.7. The molecular weight excluding hydrogens is 308 g/mol. The van der Waals surface area contributed by atoms with Crippen LogP contribution in [0.1, 0.15) is 19.8 Å². The molecule has 0 spiro atoms. The Labute approximate surface area is 121 Å². The van der Waals surface area contributed by atoms with Gasteiger partial charge in [0.2, 0.25) is 11.8 Å². The molecule has 0 bridgehead atoms. The fraction of sp³-hybridized carbons (Fsp3) is 0.800. The third-order valence-electron chi connectivity index (χ3n) is 2.43. The second-order valence-electron chi connectivity index (χ2n) is 4.69. The van der Waals surface area contributed by atoms with Crippen LogP contribution in [0.15, 0.2) is 0 Å². The van der Waals surface area contributed by atoms with E-state index in [0.29, 0.717) is 0 Å². The predicted molar refractivity (Wildman–Crippen MR) is 70.5 cm³/mol. The van der Waals surface area contributed by atoms with Crippen molar-refractivity contribution in [2.24, 2.45) is 5.73 Å². The number of carbonyl (C=O) groups excluding carboxylic acids is 2. The number of hydrogen-bond acceptors (Lipinski definition) is 8. The lowest BCUT2D eigenvalue weighted by Gasteiger charge is -2.19. The van der Waals surface area contributed by atoms with Gasteiger partial charge in [0, 0.05) is 12.5 Å². The van der Waals surface area contributed by atoms with E-state index in [4.69, 9.17) is 15.4 Å². The van der Waals surface area contributed by atoms with E-state index in [9.17, 15) is 28.2 Å². The molecule has 2 amide bonds. The van der Waals surface area contributed by atoms with E-state index in [1.54, 1.807) is 0 Å². The Morgan fingerprint density at radius 1 is 1.14 bits per heavy atom. The minimum absolute atomic E-state index is 0.527. The summed E-state index contributed by atoms with van der Waals surface area (Å²) in [7, 11) is -4.33. The number of nitrogens with one attached hydrogen (secondary N) is 1. The van der Waals surface area contributed by atoms with Gasteiger partial charge in [-0.3, -0.25) is 19.5 Å². The summed E-state index contributed by atoms with van der Waals surface area (Å²) in [5.74, 6) is -2.65. The van der Waals surface area contributed by atoms with Crippen LogP contribution in [0, 0.1) is 0 Å². The molecule has 0 aliphatic rings. The van der Waals surface area contributed by atoms with Crippen LogP contribution < -0.4 is 11.1 Å². The molecule has 21 heavy (non-hydrogen) atoms. The van der Waals surface area contributed by atoms with Gasteiger partial charge in [-0.25, -0.2) is 0 Å². The molecule has 0 heterocycles. The van der Waals surface area contributed by atoms with E-state index >= 15 is 0 Å². The summed E-state index contributed by atoms with van der Waals surface area (Å²) in [6.07, 6.45) is -5.53. The number of hydrogen-bond donors (Lipinski definition) is 6. The van der Waals surface area contributed by atoms with E-state index < -0.39 is 64.9 Å². The molecule has 0 aliphatic heterocycles. The molecular formula is C10H20N2O8S. The number of aliphatic hydroxyl groups is 3. The first-order valence-corrected chi connectivity index (χ1v) is 7.61. The van der Waals surface area contributed by atoms with Gasteiger partial charge in [0.05, 0.1) is 24.4 Å². The normalized spacial score (nSPS) is 17.6. The first-order valence-electron chi connectivity index (χ1n) is 6.00. The zero-order valence-electron chi connectivity index (χ0n) is 11.3. The van der Waals surface area contributed by atoms with Crippen molar-refractivity contribution in [3.8, 4) is 0 Å². The van der Waals surface area contributed by atoms with Gasteiger partial charge in [-0.1, -0.05) is 0 Å². The van der Waals surface area contributed by atoms with Crippen LogP contribution >= 0.6 is 0 Å². The van der Waals surface area contributed by atoms with Crippen molar-refractivity contribution in [1.82, 2.24) is 5.32 Å². The van der Waals surface area contributed by atoms with Crippen molar-refractivity contribution in [1.29, 1.82) is 0 Å². The van der Waals surface area contributed by atoms with Crippen LogP contribution in [0.25, 0.3) is 0 Å². The summed E-state index contributed by atoms with van der Waals surface area (Å²) >= 11 is 0. The van der Waals surface area contributed by atoms with Gasteiger partial charge in [0.1, 0.15) is 6.10 Å². The highest BCUT2D eigenvalue weighted by molar-refractivity contribution is 7.85. The molecule has 7 N–H and O–H groups in total. The second kappa shape index (κ2) is 8.36. The van der Waals surface area contributed by atoms with Gasteiger partial charge >= 0.3 is 0 Å². The SMILES string of the molecule is C[C@@H](O)[C@H](O)[C@H](O)CC(=O)NC(=O)CC(N)CS(=O)(=O)O. The number of nitrogens with two attached hydrogens (primary N) is 1. The van der Waals surface area contributed by atoms with Crippen molar-refractivity contribution in [3.05, 3.63) is 0 Å². The molecule has 124 valence electrons. The van der Waals surface area contributed by atoms with Crippen molar-refractivity contribution >= 4 is 21.9 Å². The Morgan fingerprint density at radius 3 is 2.05 bits per heavy atom. The summed E-state index contributed by atoms with van der Waals surface area (Å²) < 4.78 is 29.6. The first kappa shape index (κ1) is 19.9. The highest BCUT2D eigenvalue weighted by Gasteiger charge is 2.25. The molecule has 11 heteroatoms. The quantitative estimate of drug-likeness (QED) is 0.248. The fourth-order valence-electron chi connectivity index (χ4n) is 1.46. The number of amides is 2. The minimum atomic E-state index is -4.33. The Hall–Kier alpha value is -1.11. The average molecular weight is 328 g/mol. The van der Waals surface area contributed by atoms with Gasteiger partial charge in [-0.2, -0.15) is 8.42 Å². The number of aliphatic hydroxyl groups excluding tert-OH is 3. The molecule has 4 atom stereocenters. The lowest BCUT2D eigenvalue weighted by atomic mass is 10.1. The number of imide groups is 1. The summed E-state index contributed by atoms with van der Waals surface area (Å²) in [6, 6.07) is -1.19. The molecule has 0 aromatic carbocycles. The molecule has 1 unspecified atom stereocenters. The van der Waals surface area contributed by atoms with Crippen LogP contribution in [0.4, 0.5) is 0 Å². The zero-order chi connectivity index (χ0) is 16.8. The number of rotatable bonds is 8. The van der Waals surface area contributed by atoms with E-state index in [1.165, 1.54) is 6.92 Å². The maximum atomic E-state index is 11.4. The Morgan fingerprint density at radius 2 is 1.62 bits per heavy atom. The Kier molecular flexibility index (Phi) is 7.92. The Bertz CT molecular complexity index is 464. The van der Waals surface area contributed by atoms with Gasteiger partial charge in [-0.05, 0) is 6.92 Å². The summed E-state index contributed by atoms with van der Waals surface area (Å²) in [6.45, 7) is 1.21. The van der Waals surface area contributed by atoms with Crippen molar-refractivity contribution in [2.45, 2.75) is 44.1 Å². The van der Waals surface area contributed by atoms with Crippen molar-refractivity contribution < 1.29 is 37.9 Å². The average Bonchev–Trinajstić information content (AvgIpc) is 2.23. The minimum Gasteiger partial charge on any atom is -0.391 e. The van der Waals surface area contributed by atoms with Gasteiger partial charge < -0.3 is 21.1 Å². The molecule has 0 aliphatic carbocycles. The third-order valence-corrected chi connectivity index (χ3v) is 3.28. The highest BCUT2D eigenvalue weighted by atomic mass is 32.2. The topological polar surface area (TPSA) is 187 Å². The van der Waals surface area contributed by atoms with E-state index in [0.717, 1.165) is 0 Å². The maximum absolute atomic E-state index is 11.4. The molecule has 0 aromatic heterocycles. The van der Waals surface area contributed by atoms with Crippen LogP contribution in [-0.2, 0) is 19.7 Å². The highest BCUT2D eigenvalue weighted by Crippen LogP contribution is 2.04. The van der Waals surface area contributed by atoms with E-state index in [1.807, 2.05) is 5.32 Å².